The third-order valence-electron chi connectivity index (χ3n) is 3.89. The van der Waals surface area contributed by atoms with Gasteiger partial charge >= 0.3 is 0 Å². The molecule has 0 bridgehead atoms. The Labute approximate surface area is 192 Å². The molecule has 3 rings (SSSR count). The summed E-state index contributed by atoms with van der Waals surface area (Å²) in [5.41, 5.74) is 2.21. The maximum Gasteiger partial charge on any atom is 0.257 e. The largest absolute Gasteiger partial charge is 0.496 e. The van der Waals surface area contributed by atoms with Crippen LogP contribution in [-0.2, 0) is 0 Å². The van der Waals surface area contributed by atoms with Gasteiger partial charge in [0.25, 0.3) is 5.91 Å². The fraction of sp³-hybridized carbons (Fsp3) is 0.190. The number of aromatic nitrogens is 1. The summed E-state index contributed by atoms with van der Waals surface area (Å²) in [6.45, 7) is 3.89. The van der Waals surface area contributed by atoms with Gasteiger partial charge in [0.2, 0.25) is 0 Å². The first-order valence-electron chi connectivity index (χ1n) is 9.04. The van der Waals surface area contributed by atoms with Gasteiger partial charge in [-0.3, -0.25) is 10.1 Å². The Balaban J connectivity index is 1.60. The second kappa shape index (κ2) is 10.0. The van der Waals surface area contributed by atoms with Crippen molar-refractivity contribution in [3.63, 3.8) is 0 Å². The molecule has 1 amide bonds. The molecule has 3 aromatic rings. The van der Waals surface area contributed by atoms with E-state index in [0.29, 0.717) is 16.4 Å². The molecule has 0 fully saturated rings. The molecule has 0 aliphatic carbocycles. The summed E-state index contributed by atoms with van der Waals surface area (Å²) >= 11 is 10.1. The minimum Gasteiger partial charge on any atom is -0.496 e. The summed E-state index contributed by atoms with van der Waals surface area (Å²) in [7, 11) is 1.62. The van der Waals surface area contributed by atoms with Crippen LogP contribution in [0, 0.1) is 0 Å². The van der Waals surface area contributed by atoms with Crippen molar-refractivity contribution in [2.75, 3.05) is 12.4 Å². The topological polar surface area (TPSA) is 72.5 Å². The zero-order valence-electron chi connectivity index (χ0n) is 16.6. The molecule has 0 spiro atoms. The van der Waals surface area contributed by atoms with Gasteiger partial charge in [-0.1, -0.05) is 0 Å². The predicted octanol–water partition coefficient (Wildman–Crippen LogP) is 5.50. The van der Waals surface area contributed by atoms with Gasteiger partial charge in [0.15, 0.2) is 10.2 Å². The lowest BCUT2D eigenvalue weighted by molar-refractivity contribution is 0.0977. The molecule has 0 aliphatic rings. The van der Waals surface area contributed by atoms with Crippen LogP contribution in [0.3, 0.4) is 0 Å². The normalized spacial score (nSPS) is 10.6. The first-order chi connectivity index (χ1) is 14.4. The molecule has 0 radical (unpaired) electrons. The number of benzene rings is 2. The van der Waals surface area contributed by atoms with E-state index in [4.69, 9.17) is 21.7 Å². The Hall–Kier alpha value is -2.49. The fourth-order valence-electron chi connectivity index (χ4n) is 2.55. The number of hydrogen-bond donors (Lipinski definition) is 2. The molecular weight excluding hydrogens is 486 g/mol. The van der Waals surface area contributed by atoms with Crippen molar-refractivity contribution in [3.05, 3.63) is 57.9 Å². The molecule has 1 heterocycles. The number of methoxy groups -OCH3 is 1. The highest BCUT2D eigenvalue weighted by atomic mass is 79.9. The van der Waals surface area contributed by atoms with E-state index in [2.05, 4.69) is 31.5 Å². The van der Waals surface area contributed by atoms with Crippen LogP contribution in [0.1, 0.15) is 24.2 Å². The second-order valence-corrected chi connectivity index (χ2v) is 8.61. The van der Waals surface area contributed by atoms with E-state index in [1.807, 2.05) is 37.4 Å². The number of rotatable bonds is 6. The molecule has 1 aromatic heterocycles. The monoisotopic (exact) mass is 505 g/mol. The van der Waals surface area contributed by atoms with E-state index in [-0.39, 0.29) is 17.1 Å². The van der Waals surface area contributed by atoms with Gasteiger partial charge in [0.1, 0.15) is 11.5 Å². The lowest BCUT2D eigenvalue weighted by Gasteiger charge is -2.10. The number of carbonyl (C=O) groups excluding carboxylic acids is 1. The van der Waals surface area contributed by atoms with Gasteiger partial charge < -0.3 is 14.8 Å². The summed E-state index contributed by atoms with van der Waals surface area (Å²) < 4.78 is 11.7. The molecular formula is C21H20BrN3O3S2. The van der Waals surface area contributed by atoms with Gasteiger partial charge in [-0.25, -0.2) is 4.98 Å². The molecule has 6 nitrogen and oxygen atoms in total. The first kappa shape index (κ1) is 22.2. The van der Waals surface area contributed by atoms with E-state index in [0.717, 1.165) is 21.5 Å². The highest BCUT2D eigenvalue weighted by molar-refractivity contribution is 9.10. The van der Waals surface area contributed by atoms with Crippen LogP contribution < -0.4 is 20.1 Å². The SMILES string of the molecule is COc1ccc(-c2csc(NC(=S)NC(=O)c3ccc(OC(C)C)cc3)n2)cc1Br. The highest BCUT2D eigenvalue weighted by Crippen LogP contribution is 2.32. The number of carbonyl (C=O) groups is 1. The van der Waals surface area contributed by atoms with Crippen molar-refractivity contribution in [2.45, 2.75) is 20.0 Å². The summed E-state index contributed by atoms with van der Waals surface area (Å²) in [6.07, 6.45) is 0.0728. The molecule has 2 aromatic carbocycles. The van der Waals surface area contributed by atoms with Crippen LogP contribution in [0.5, 0.6) is 11.5 Å². The van der Waals surface area contributed by atoms with Crippen molar-refractivity contribution in [2.24, 2.45) is 0 Å². The Morgan fingerprint density at radius 3 is 2.57 bits per heavy atom. The molecule has 30 heavy (non-hydrogen) atoms. The highest BCUT2D eigenvalue weighted by Gasteiger charge is 2.12. The Morgan fingerprint density at radius 1 is 1.20 bits per heavy atom. The lowest BCUT2D eigenvalue weighted by Crippen LogP contribution is -2.34. The molecule has 0 saturated carbocycles. The summed E-state index contributed by atoms with van der Waals surface area (Å²) in [6, 6.07) is 12.6. The number of hydrogen-bond acceptors (Lipinski definition) is 6. The average molecular weight is 506 g/mol. The summed E-state index contributed by atoms with van der Waals surface area (Å²) in [5.74, 6) is 1.15. The lowest BCUT2D eigenvalue weighted by atomic mass is 10.2. The summed E-state index contributed by atoms with van der Waals surface area (Å²) in [4.78, 5) is 16.9. The molecule has 0 saturated heterocycles. The smallest absolute Gasteiger partial charge is 0.257 e. The van der Waals surface area contributed by atoms with Crippen molar-refractivity contribution < 1.29 is 14.3 Å². The van der Waals surface area contributed by atoms with E-state index in [9.17, 15) is 4.79 Å². The third kappa shape index (κ3) is 5.78. The van der Waals surface area contributed by atoms with Crippen molar-refractivity contribution in [1.29, 1.82) is 0 Å². The fourth-order valence-corrected chi connectivity index (χ4v) is 4.07. The molecule has 2 N–H and O–H groups in total. The van der Waals surface area contributed by atoms with Gasteiger partial charge in [0.05, 0.1) is 23.4 Å². The Morgan fingerprint density at radius 2 is 1.93 bits per heavy atom. The van der Waals surface area contributed by atoms with Crippen LogP contribution in [0.25, 0.3) is 11.3 Å². The van der Waals surface area contributed by atoms with Gasteiger partial charge in [-0.2, -0.15) is 0 Å². The van der Waals surface area contributed by atoms with Gasteiger partial charge in [-0.15, -0.1) is 11.3 Å². The van der Waals surface area contributed by atoms with E-state index < -0.39 is 0 Å². The molecule has 0 aliphatic heterocycles. The molecule has 9 heteroatoms. The van der Waals surface area contributed by atoms with E-state index in [1.165, 1.54) is 11.3 Å². The van der Waals surface area contributed by atoms with Gasteiger partial charge in [-0.05, 0) is 84.5 Å². The molecule has 0 atom stereocenters. The number of ether oxygens (including phenoxy) is 2. The molecule has 0 unspecified atom stereocenters. The Bertz CT molecular complexity index is 1050. The minimum absolute atomic E-state index is 0.0728. The number of nitrogens with zero attached hydrogens (tertiary/aromatic N) is 1. The average Bonchev–Trinajstić information content (AvgIpc) is 3.16. The quantitative estimate of drug-likeness (QED) is 0.431. The number of nitrogens with one attached hydrogen (secondary N) is 2. The maximum atomic E-state index is 12.4. The van der Waals surface area contributed by atoms with Crippen molar-refractivity contribution >= 4 is 55.6 Å². The van der Waals surface area contributed by atoms with Crippen LogP contribution >= 0.6 is 39.5 Å². The zero-order valence-corrected chi connectivity index (χ0v) is 19.8. The van der Waals surface area contributed by atoms with E-state index >= 15 is 0 Å². The molecule has 156 valence electrons. The van der Waals surface area contributed by atoms with Crippen LogP contribution in [0.4, 0.5) is 5.13 Å². The maximum absolute atomic E-state index is 12.4. The predicted molar refractivity (Wildman–Crippen MR) is 128 cm³/mol. The van der Waals surface area contributed by atoms with Crippen molar-refractivity contribution in [1.82, 2.24) is 10.3 Å². The van der Waals surface area contributed by atoms with Crippen LogP contribution in [0.15, 0.2) is 52.3 Å². The third-order valence-corrected chi connectivity index (χ3v) is 5.47. The van der Waals surface area contributed by atoms with Crippen molar-refractivity contribution in [3.8, 4) is 22.8 Å². The second-order valence-electron chi connectivity index (χ2n) is 6.49. The zero-order chi connectivity index (χ0) is 21.7. The number of thiazole rings is 1. The minimum atomic E-state index is -0.306. The van der Waals surface area contributed by atoms with Crippen LogP contribution in [-0.4, -0.2) is 29.2 Å². The summed E-state index contributed by atoms with van der Waals surface area (Å²) in [5, 5.41) is 8.29. The van der Waals surface area contributed by atoms with Crippen LogP contribution in [0.2, 0.25) is 0 Å². The number of thiocarbonyl (C=S) groups is 1. The van der Waals surface area contributed by atoms with Gasteiger partial charge in [0, 0.05) is 16.5 Å². The standard InChI is InChI=1S/C21H20BrN3O3S2/c1-12(2)28-15-7-4-13(5-8-15)19(26)24-20(29)25-21-23-17(11-30-21)14-6-9-18(27-3)16(22)10-14/h4-12H,1-3H3,(H2,23,24,25,26,29). The number of halogens is 1. The Kier molecular flexibility index (Phi) is 7.41. The van der Waals surface area contributed by atoms with E-state index in [1.54, 1.807) is 31.4 Å². The number of anilines is 1. The first-order valence-corrected chi connectivity index (χ1v) is 11.1. The number of amides is 1.